The SMILES string of the molecule is Cc1nc2c(O)c(C(C)(C)C)c(C(=O)N(C)C)cc2n1C(=O)O. The molecule has 0 radical (unpaired) electrons. The van der Waals surface area contributed by atoms with E-state index < -0.39 is 11.5 Å². The van der Waals surface area contributed by atoms with Crippen LogP contribution in [0, 0.1) is 6.92 Å². The Morgan fingerprint density at radius 3 is 2.26 bits per heavy atom. The molecule has 0 aliphatic rings. The van der Waals surface area contributed by atoms with Crippen molar-refractivity contribution in [1.82, 2.24) is 14.5 Å². The molecule has 2 N–H and O–H groups in total. The van der Waals surface area contributed by atoms with E-state index in [2.05, 4.69) is 4.98 Å². The van der Waals surface area contributed by atoms with Gasteiger partial charge in [0.1, 0.15) is 17.1 Å². The summed E-state index contributed by atoms with van der Waals surface area (Å²) >= 11 is 0. The molecular weight excluding hydrogens is 298 g/mol. The van der Waals surface area contributed by atoms with Crippen molar-refractivity contribution in [1.29, 1.82) is 0 Å². The molecule has 7 heteroatoms. The molecule has 23 heavy (non-hydrogen) atoms. The molecule has 1 amide bonds. The van der Waals surface area contributed by atoms with Gasteiger partial charge in [-0.15, -0.1) is 0 Å². The van der Waals surface area contributed by atoms with Crippen molar-refractivity contribution < 1.29 is 19.8 Å². The number of fused-ring (bicyclic) bond motifs is 1. The number of aromatic hydroxyl groups is 1. The number of carbonyl (C=O) groups excluding carboxylic acids is 1. The van der Waals surface area contributed by atoms with Crippen molar-refractivity contribution in [3.8, 4) is 5.75 Å². The Kier molecular flexibility index (Phi) is 3.84. The van der Waals surface area contributed by atoms with Gasteiger partial charge in [0, 0.05) is 25.2 Å². The molecule has 0 bridgehead atoms. The second-order valence-electron chi connectivity index (χ2n) is 6.74. The van der Waals surface area contributed by atoms with Gasteiger partial charge in [0.15, 0.2) is 0 Å². The molecule has 0 spiro atoms. The fourth-order valence-corrected chi connectivity index (χ4v) is 2.72. The molecule has 0 saturated carbocycles. The Balaban J connectivity index is 2.99. The Labute approximate surface area is 134 Å². The lowest BCUT2D eigenvalue weighted by Gasteiger charge is -2.25. The number of hydrogen-bond acceptors (Lipinski definition) is 4. The molecule has 7 nitrogen and oxygen atoms in total. The van der Waals surface area contributed by atoms with Gasteiger partial charge in [0.25, 0.3) is 5.91 Å². The number of carboxylic acid groups (broad SMARTS) is 1. The van der Waals surface area contributed by atoms with E-state index in [0.29, 0.717) is 5.56 Å². The van der Waals surface area contributed by atoms with Crippen molar-refractivity contribution in [3.63, 3.8) is 0 Å². The van der Waals surface area contributed by atoms with Crippen LogP contribution in [0.1, 0.15) is 42.5 Å². The molecular formula is C16H21N3O4. The predicted octanol–water partition coefficient (Wildman–Crippen LogP) is 2.58. The summed E-state index contributed by atoms with van der Waals surface area (Å²) in [5.74, 6) is -0.219. The minimum Gasteiger partial charge on any atom is -0.505 e. The van der Waals surface area contributed by atoms with Crippen LogP contribution in [0.5, 0.6) is 5.75 Å². The van der Waals surface area contributed by atoms with Crippen LogP contribution in [-0.2, 0) is 5.41 Å². The molecule has 0 aliphatic carbocycles. The first-order chi connectivity index (χ1) is 10.5. The van der Waals surface area contributed by atoms with Gasteiger partial charge in [-0.05, 0) is 18.4 Å². The number of amides is 1. The average molecular weight is 319 g/mol. The minimum absolute atomic E-state index is 0.150. The lowest BCUT2D eigenvalue weighted by Crippen LogP contribution is -2.26. The van der Waals surface area contributed by atoms with Crippen LogP contribution in [0.25, 0.3) is 11.0 Å². The molecule has 0 saturated heterocycles. The van der Waals surface area contributed by atoms with Crippen LogP contribution < -0.4 is 0 Å². The fraction of sp³-hybridized carbons (Fsp3) is 0.438. The fourth-order valence-electron chi connectivity index (χ4n) is 2.72. The van der Waals surface area contributed by atoms with Crippen molar-refractivity contribution in [2.24, 2.45) is 0 Å². The predicted molar refractivity (Wildman–Crippen MR) is 86.3 cm³/mol. The average Bonchev–Trinajstić information content (AvgIpc) is 2.72. The Morgan fingerprint density at radius 1 is 1.26 bits per heavy atom. The first-order valence-corrected chi connectivity index (χ1v) is 7.17. The van der Waals surface area contributed by atoms with Gasteiger partial charge in [-0.2, -0.15) is 0 Å². The van der Waals surface area contributed by atoms with Crippen LogP contribution in [0.15, 0.2) is 6.07 Å². The van der Waals surface area contributed by atoms with E-state index in [1.165, 1.54) is 17.9 Å². The van der Waals surface area contributed by atoms with E-state index in [1.54, 1.807) is 14.1 Å². The highest BCUT2D eigenvalue weighted by atomic mass is 16.4. The molecule has 0 fully saturated rings. The van der Waals surface area contributed by atoms with Crippen LogP contribution >= 0.6 is 0 Å². The maximum atomic E-state index is 12.5. The Morgan fingerprint density at radius 2 is 1.83 bits per heavy atom. The number of rotatable bonds is 1. The summed E-state index contributed by atoms with van der Waals surface area (Å²) < 4.78 is 0.966. The van der Waals surface area contributed by atoms with E-state index in [4.69, 9.17) is 0 Å². The van der Waals surface area contributed by atoms with E-state index >= 15 is 0 Å². The van der Waals surface area contributed by atoms with Crippen LogP contribution in [0.3, 0.4) is 0 Å². The van der Waals surface area contributed by atoms with E-state index in [0.717, 1.165) is 4.57 Å². The normalized spacial score (nSPS) is 11.7. The third-order valence-corrected chi connectivity index (χ3v) is 3.67. The van der Waals surface area contributed by atoms with Crippen molar-refractivity contribution in [2.45, 2.75) is 33.1 Å². The van der Waals surface area contributed by atoms with E-state index in [-0.39, 0.29) is 34.1 Å². The zero-order chi connectivity index (χ0) is 17.7. The molecule has 2 aromatic rings. The smallest absolute Gasteiger partial charge is 0.417 e. The topological polar surface area (TPSA) is 95.7 Å². The molecule has 2 rings (SSSR count). The summed E-state index contributed by atoms with van der Waals surface area (Å²) in [4.78, 5) is 29.5. The van der Waals surface area contributed by atoms with Crippen LogP contribution in [0.4, 0.5) is 4.79 Å². The first-order valence-electron chi connectivity index (χ1n) is 7.17. The second-order valence-corrected chi connectivity index (χ2v) is 6.74. The lowest BCUT2D eigenvalue weighted by molar-refractivity contribution is 0.0824. The highest BCUT2D eigenvalue weighted by Gasteiger charge is 2.30. The second kappa shape index (κ2) is 5.26. The number of phenolic OH excluding ortho intramolecular Hbond substituents is 1. The largest absolute Gasteiger partial charge is 0.505 e. The maximum absolute atomic E-state index is 12.5. The Hall–Kier alpha value is -2.57. The van der Waals surface area contributed by atoms with Gasteiger partial charge in [0.05, 0.1) is 5.52 Å². The molecule has 0 atom stereocenters. The van der Waals surface area contributed by atoms with Crippen LogP contribution in [0.2, 0.25) is 0 Å². The van der Waals surface area contributed by atoms with Gasteiger partial charge in [-0.3, -0.25) is 4.79 Å². The van der Waals surface area contributed by atoms with Crippen molar-refractivity contribution in [2.75, 3.05) is 14.1 Å². The standard InChI is InChI=1S/C16H21N3O4/c1-8-17-12-10(19(8)15(22)23)7-9(14(21)18(5)6)11(13(12)20)16(2,3)4/h7,20H,1-6H3,(H,22,23). The number of imidazole rings is 1. The Bertz CT molecular complexity index is 813. The minimum atomic E-state index is -1.21. The summed E-state index contributed by atoms with van der Waals surface area (Å²) in [6, 6.07) is 1.49. The third kappa shape index (κ3) is 2.62. The molecule has 0 aliphatic heterocycles. The van der Waals surface area contributed by atoms with Gasteiger partial charge < -0.3 is 15.1 Å². The zero-order valence-corrected chi connectivity index (χ0v) is 14.1. The van der Waals surface area contributed by atoms with Gasteiger partial charge in [-0.25, -0.2) is 14.3 Å². The number of phenols is 1. The quantitative estimate of drug-likeness (QED) is 0.842. The highest BCUT2D eigenvalue weighted by Crippen LogP contribution is 2.39. The van der Waals surface area contributed by atoms with Gasteiger partial charge in [0.2, 0.25) is 0 Å². The summed E-state index contributed by atoms with van der Waals surface area (Å²) in [5.41, 5.74) is 0.602. The van der Waals surface area contributed by atoms with E-state index in [1.807, 2.05) is 20.8 Å². The number of hydrogen-bond donors (Lipinski definition) is 2. The molecule has 1 aromatic carbocycles. The summed E-state index contributed by atoms with van der Waals surface area (Å²) in [7, 11) is 3.21. The summed E-state index contributed by atoms with van der Waals surface area (Å²) in [6.07, 6.45) is -1.21. The van der Waals surface area contributed by atoms with Gasteiger partial charge in [-0.1, -0.05) is 20.8 Å². The van der Waals surface area contributed by atoms with Gasteiger partial charge >= 0.3 is 6.09 Å². The van der Waals surface area contributed by atoms with Crippen LogP contribution in [-0.4, -0.2) is 50.8 Å². The molecule has 1 aromatic heterocycles. The summed E-state index contributed by atoms with van der Waals surface area (Å²) in [6.45, 7) is 7.17. The number of aryl methyl sites for hydroxylation is 1. The number of nitrogens with zero attached hydrogens (tertiary/aromatic N) is 3. The monoisotopic (exact) mass is 319 g/mol. The van der Waals surface area contributed by atoms with Crippen molar-refractivity contribution in [3.05, 3.63) is 23.0 Å². The molecule has 0 unspecified atom stereocenters. The number of aromatic nitrogens is 2. The van der Waals surface area contributed by atoms with E-state index in [9.17, 15) is 19.8 Å². The first kappa shape index (κ1) is 16.8. The zero-order valence-electron chi connectivity index (χ0n) is 14.1. The van der Waals surface area contributed by atoms with Crippen molar-refractivity contribution >= 4 is 23.0 Å². The maximum Gasteiger partial charge on any atom is 0.417 e. The molecule has 1 heterocycles. The third-order valence-electron chi connectivity index (χ3n) is 3.67. The number of benzene rings is 1. The molecule has 124 valence electrons. The number of carbonyl (C=O) groups is 2. The lowest BCUT2D eigenvalue weighted by atomic mass is 9.82. The summed E-state index contributed by atoms with van der Waals surface area (Å²) in [5, 5.41) is 20.0. The highest BCUT2D eigenvalue weighted by molar-refractivity contribution is 6.03.